The Morgan fingerprint density at radius 1 is 1.69 bits per heavy atom. The second-order valence-corrected chi connectivity index (χ2v) is 6.76. The predicted octanol–water partition coefficient (Wildman–Crippen LogP) is 4.75. The van der Waals surface area contributed by atoms with Gasteiger partial charge >= 0.3 is 0 Å². The molecule has 1 fully saturated rings. The minimum Gasteiger partial charge on any atom is -0.131 e. The number of rotatable bonds is 2. The molecule has 1 aliphatic carbocycles. The molecule has 0 amide bonds. The fraction of sp³-hybridized carbons (Fsp3) is 0.600. The summed E-state index contributed by atoms with van der Waals surface area (Å²) < 4.78 is 1.22. The van der Waals surface area contributed by atoms with Gasteiger partial charge in [0.25, 0.3) is 0 Å². The fourth-order valence-corrected chi connectivity index (χ4v) is 3.76. The van der Waals surface area contributed by atoms with Crippen LogP contribution in [0.4, 0.5) is 0 Å². The molecule has 1 saturated carbocycles. The molecule has 0 nitrogen and oxygen atoms in total. The van der Waals surface area contributed by atoms with Gasteiger partial charge < -0.3 is 0 Å². The van der Waals surface area contributed by atoms with Crippen molar-refractivity contribution in [2.24, 2.45) is 11.8 Å². The molecule has 1 aromatic rings. The van der Waals surface area contributed by atoms with Crippen molar-refractivity contribution in [2.45, 2.75) is 25.6 Å². The van der Waals surface area contributed by atoms with Crippen LogP contribution in [0, 0.1) is 18.8 Å². The maximum atomic E-state index is 6.37. The lowest BCUT2D eigenvalue weighted by molar-refractivity contribution is 0.731. The first-order valence-electron chi connectivity index (χ1n) is 4.49. The van der Waals surface area contributed by atoms with Gasteiger partial charge in [0.1, 0.15) is 0 Å². The van der Waals surface area contributed by atoms with Gasteiger partial charge in [0.2, 0.25) is 0 Å². The van der Waals surface area contributed by atoms with E-state index in [1.165, 1.54) is 20.6 Å². The number of halogens is 2. The normalized spacial score (nSPS) is 28.9. The van der Waals surface area contributed by atoms with E-state index in [1.54, 1.807) is 11.3 Å². The van der Waals surface area contributed by atoms with E-state index in [9.17, 15) is 0 Å². The zero-order valence-electron chi connectivity index (χ0n) is 7.68. The first-order valence-corrected chi connectivity index (χ1v) is 6.54. The molecule has 72 valence electrons. The Morgan fingerprint density at radius 2 is 2.31 bits per heavy atom. The van der Waals surface area contributed by atoms with Crippen molar-refractivity contribution >= 4 is 38.9 Å². The zero-order chi connectivity index (χ0) is 9.59. The number of thiophene rings is 1. The van der Waals surface area contributed by atoms with Crippen LogP contribution in [-0.2, 0) is 0 Å². The maximum Gasteiger partial charge on any atom is 0.0731 e. The first kappa shape index (κ1) is 10.0. The van der Waals surface area contributed by atoms with Crippen LogP contribution >= 0.6 is 38.9 Å². The quantitative estimate of drug-likeness (QED) is 0.685. The summed E-state index contributed by atoms with van der Waals surface area (Å²) in [7, 11) is 0. The Hall–Kier alpha value is 0.470. The van der Waals surface area contributed by atoms with E-state index < -0.39 is 0 Å². The van der Waals surface area contributed by atoms with Crippen LogP contribution in [0.3, 0.4) is 0 Å². The Balaban J connectivity index is 2.16. The second-order valence-electron chi connectivity index (χ2n) is 3.88. The lowest BCUT2D eigenvalue weighted by Crippen LogP contribution is -1.90. The average Bonchev–Trinajstić information content (AvgIpc) is 2.70. The Bertz CT molecular complexity index is 301. The van der Waals surface area contributed by atoms with Crippen LogP contribution < -0.4 is 0 Å². The molecule has 0 bridgehead atoms. The Labute approximate surface area is 96.4 Å². The van der Waals surface area contributed by atoms with Crippen LogP contribution in [0.5, 0.6) is 0 Å². The molecule has 1 aromatic heterocycles. The van der Waals surface area contributed by atoms with Gasteiger partial charge in [-0.1, -0.05) is 6.92 Å². The first-order chi connectivity index (χ1) is 6.09. The summed E-state index contributed by atoms with van der Waals surface area (Å²) in [4.78, 5) is 1.32. The predicted molar refractivity (Wildman–Crippen MR) is 62.6 cm³/mol. The average molecular weight is 280 g/mol. The molecule has 0 N–H and O–H groups in total. The van der Waals surface area contributed by atoms with Crippen LogP contribution in [-0.4, -0.2) is 0 Å². The van der Waals surface area contributed by atoms with Gasteiger partial charge in [-0.2, -0.15) is 0 Å². The van der Waals surface area contributed by atoms with Crippen molar-refractivity contribution in [1.82, 2.24) is 0 Å². The maximum absolute atomic E-state index is 6.37. The third-order valence-electron chi connectivity index (χ3n) is 2.70. The van der Waals surface area contributed by atoms with Gasteiger partial charge in [-0.3, -0.25) is 0 Å². The van der Waals surface area contributed by atoms with E-state index in [-0.39, 0.29) is 5.38 Å². The van der Waals surface area contributed by atoms with Crippen LogP contribution in [0.25, 0.3) is 0 Å². The summed E-state index contributed by atoms with van der Waals surface area (Å²) in [5, 5.41) is 0.241. The Kier molecular flexibility index (Phi) is 2.74. The van der Waals surface area contributed by atoms with Crippen molar-refractivity contribution in [3.05, 3.63) is 20.3 Å². The molecule has 0 saturated heterocycles. The number of hydrogen-bond donors (Lipinski definition) is 0. The highest BCUT2D eigenvalue weighted by Gasteiger charge is 2.39. The van der Waals surface area contributed by atoms with Gasteiger partial charge in [-0.25, -0.2) is 0 Å². The van der Waals surface area contributed by atoms with Gasteiger partial charge in [0, 0.05) is 4.88 Å². The lowest BCUT2D eigenvalue weighted by atomic mass is 10.2. The van der Waals surface area contributed by atoms with Crippen molar-refractivity contribution in [3.63, 3.8) is 0 Å². The SMILES string of the molecule is Cc1cc(C(Cl)C2CC2C)sc1Br. The standard InChI is InChI=1S/C10H12BrClS/c1-5-3-7(5)9(12)8-4-6(2)10(11)13-8/h4-5,7,9H,3H2,1-2H3. The van der Waals surface area contributed by atoms with E-state index in [4.69, 9.17) is 11.6 Å². The van der Waals surface area contributed by atoms with Crippen molar-refractivity contribution < 1.29 is 0 Å². The van der Waals surface area contributed by atoms with Gasteiger partial charge in [0.15, 0.2) is 0 Å². The van der Waals surface area contributed by atoms with E-state index >= 15 is 0 Å². The summed E-state index contributed by atoms with van der Waals surface area (Å²) in [6, 6.07) is 2.21. The monoisotopic (exact) mass is 278 g/mol. The molecular formula is C10H12BrClS. The molecule has 3 atom stereocenters. The summed E-state index contributed by atoms with van der Waals surface area (Å²) in [6.45, 7) is 4.39. The van der Waals surface area contributed by atoms with Crippen LogP contribution in [0.1, 0.15) is 29.2 Å². The molecular weight excluding hydrogens is 268 g/mol. The van der Waals surface area contributed by atoms with E-state index in [0.29, 0.717) is 5.92 Å². The zero-order valence-corrected chi connectivity index (χ0v) is 10.8. The Morgan fingerprint density at radius 3 is 2.69 bits per heavy atom. The van der Waals surface area contributed by atoms with Crippen molar-refractivity contribution in [1.29, 1.82) is 0 Å². The smallest absolute Gasteiger partial charge is 0.0731 e. The number of alkyl halides is 1. The molecule has 3 heteroatoms. The second kappa shape index (κ2) is 3.56. The highest BCUT2D eigenvalue weighted by molar-refractivity contribution is 9.11. The summed E-state index contributed by atoms with van der Waals surface area (Å²) in [5.41, 5.74) is 1.30. The van der Waals surface area contributed by atoms with E-state index in [2.05, 4.69) is 35.8 Å². The molecule has 0 spiro atoms. The lowest BCUT2D eigenvalue weighted by Gasteiger charge is -2.03. The van der Waals surface area contributed by atoms with Gasteiger partial charge in [-0.05, 0) is 52.7 Å². The minimum absolute atomic E-state index is 0.241. The highest BCUT2D eigenvalue weighted by atomic mass is 79.9. The van der Waals surface area contributed by atoms with Crippen molar-refractivity contribution in [2.75, 3.05) is 0 Å². The largest absolute Gasteiger partial charge is 0.131 e. The number of hydrogen-bond acceptors (Lipinski definition) is 1. The topological polar surface area (TPSA) is 0 Å². The number of aryl methyl sites for hydroxylation is 1. The van der Waals surface area contributed by atoms with Gasteiger partial charge in [0.05, 0.1) is 9.16 Å². The molecule has 1 heterocycles. The molecule has 0 aromatic carbocycles. The minimum atomic E-state index is 0.241. The van der Waals surface area contributed by atoms with Gasteiger partial charge in [-0.15, -0.1) is 22.9 Å². The van der Waals surface area contributed by atoms with Crippen molar-refractivity contribution in [3.8, 4) is 0 Å². The van der Waals surface area contributed by atoms with E-state index in [0.717, 1.165) is 5.92 Å². The van der Waals surface area contributed by atoms with Crippen LogP contribution in [0.2, 0.25) is 0 Å². The highest BCUT2D eigenvalue weighted by Crippen LogP contribution is 2.52. The molecule has 13 heavy (non-hydrogen) atoms. The summed E-state index contributed by atoms with van der Waals surface area (Å²) in [6.07, 6.45) is 1.29. The molecule has 3 unspecified atom stereocenters. The fourth-order valence-electron chi connectivity index (χ4n) is 1.59. The summed E-state index contributed by atoms with van der Waals surface area (Å²) in [5.74, 6) is 1.54. The molecule has 1 aliphatic rings. The molecule has 2 rings (SSSR count). The summed E-state index contributed by atoms with van der Waals surface area (Å²) >= 11 is 11.7. The van der Waals surface area contributed by atoms with E-state index in [1.807, 2.05) is 0 Å². The third kappa shape index (κ3) is 1.95. The molecule has 0 aliphatic heterocycles. The third-order valence-corrected chi connectivity index (χ3v) is 5.60. The molecule has 0 radical (unpaired) electrons. The van der Waals surface area contributed by atoms with Crippen LogP contribution in [0.15, 0.2) is 9.85 Å².